The maximum Gasteiger partial charge on any atom is 0.341 e. The Balaban J connectivity index is 2.05. The maximum atomic E-state index is 12.1. The molecular formula is C16H19N3O4. The molecule has 0 radical (unpaired) electrons. The van der Waals surface area contributed by atoms with Crippen LogP contribution in [0.4, 0.5) is 0 Å². The molecule has 2 aromatic rings. The number of methoxy groups -OCH3 is 2. The molecule has 1 atom stereocenters. The number of benzene rings is 1. The quantitative estimate of drug-likeness (QED) is 0.818. The van der Waals surface area contributed by atoms with E-state index >= 15 is 0 Å². The summed E-state index contributed by atoms with van der Waals surface area (Å²) in [4.78, 5) is 23.9. The van der Waals surface area contributed by atoms with E-state index in [-0.39, 0.29) is 5.91 Å². The number of carbonyl (C=O) groups is 2. The number of nitrogens with zero attached hydrogens (tertiary/aromatic N) is 2. The second-order valence-electron chi connectivity index (χ2n) is 4.91. The summed E-state index contributed by atoms with van der Waals surface area (Å²) < 4.78 is 11.4. The Morgan fingerprint density at radius 3 is 2.74 bits per heavy atom. The number of carbonyl (C=O) groups excluding carboxylic acids is 2. The summed E-state index contributed by atoms with van der Waals surface area (Å²) in [6.07, 6.45) is 3.35. The minimum atomic E-state index is -0.486. The van der Waals surface area contributed by atoms with Crippen LogP contribution in [0.1, 0.15) is 28.9 Å². The largest absolute Gasteiger partial charge is 0.496 e. The first-order valence-corrected chi connectivity index (χ1v) is 7.09. The van der Waals surface area contributed by atoms with Crippen LogP contribution < -0.4 is 10.1 Å². The first kappa shape index (κ1) is 16.5. The van der Waals surface area contributed by atoms with Crippen molar-refractivity contribution in [2.45, 2.75) is 19.5 Å². The van der Waals surface area contributed by atoms with E-state index in [1.807, 2.05) is 0 Å². The van der Waals surface area contributed by atoms with Crippen LogP contribution in [0, 0.1) is 0 Å². The predicted octanol–water partition coefficient (Wildman–Crippen LogP) is 1.56. The molecular weight excluding hydrogens is 298 g/mol. The van der Waals surface area contributed by atoms with Crippen molar-refractivity contribution in [3.8, 4) is 5.75 Å². The van der Waals surface area contributed by atoms with Crippen LogP contribution in [0.5, 0.6) is 5.75 Å². The molecule has 0 bridgehead atoms. The molecule has 0 aliphatic heterocycles. The van der Waals surface area contributed by atoms with Crippen molar-refractivity contribution in [3.05, 3.63) is 47.8 Å². The molecule has 1 heterocycles. The molecule has 1 aromatic carbocycles. The average molecular weight is 317 g/mol. The average Bonchev–Trinajstić information content (AvgIpc) is 3.12. The van der Waals surface area contributed by atoms with Gasteiger partial charge in [-0.05, 0) is 30.7 Å². The van der Waals surface area contributed by atoms with Gasteiger partial charge in [0.15, 0.2) is 0 Å². The van der Waals surface area contributed by atoms with Crippen molar-refractivity contribution < 1.29 is 19.1 Å². The summed E-state index contributed by atoms with van der Waals surface area (Å²) in [6.45, 7) is 2.05. The Hall–Kier alpha value is -2.83. The Kier molecular flexibility index (Phi) is 5.35. The van der Waals surface area contributed by atoms with Crippen LogP contribution in [-0.2, 0) is 16.1 Å². The molecule has 122 valence electrons. The van der Waals surface area contributed by atoms with Crippen molar-refractivity contribution in [1.29, 1.82) is 0 Å². The Labute approximate surface area is 134 Å². The highest BCUT2D eigenvalue weighted by molar-refractivity contribution is 5.92. The highest BCUT2D eigenvalue weighted by Gasteiger charge is 2.16. The molecule has 7 heteroatoms. The fourth-order valence-corrected chi connectivity index (χ4v) is 2.10. The van der Waals surface area contributed by atoms with Crippen molar-refractivity contribution in [3.63, 3.8) is 0 Å². The van der Waals surface area contributed by atoms with E-state index in [4.69, 9.17) is 9.47 Å². The minimum absolute atomic E-state index is 0.163. The third kappa shape index (κ3) is 3.88. The van der Waals surface area contributed by atoms with E-state index in [0.717, 1.165) is 5.56 Å². The van der Waals surface area contributed by atoms with Crippen LogP contribution in [-0.4, -0.2) is 35.9 Å². The number of hydrogen-bond donors (Lipinski definition) is 1. The van der Waals surface area contributed by atoms with E-state index in [2.05, 4.69) is 10.4 Å². The third-order valence-corrected chi connectivity index (χ3v) is 3.44. The van der Waals surface area contributed by atoms with E-state index in [1.54, 1.807) is 48.3 Å². The minimum Gasteiger partial charge on any atom is -0.496 e. The molecule has 7 nitrogen and oxygen atoms in total. The molecule has 1 unspecified atom stereocenters. The number of amides is 1. The lowest BCUT2D eigenvalue weighted by Gasteiger charge is -2.13. The van der Waals surface area contributed by atoms with Crippen molar-refractivity contribution in [2.24, 2.45) is 0 Å². The summed E-state index contributed by atoms with van der Waals surface area (Å²) in [6, 6.07) is 6.44. The van der Waals surface area contributed by atoms with Gasteiger partial charge >= 0.3 is 5.97 Å². The van der Waals surface area contributed by atoms with Gasteiger partial charge in [0, 0.05) is 18.9 Å². The fraction of sp³-hybridized carbons (Fsp3) is 0.312. The second-order valence-corrected chi connectivity index (χ2v) is 4.91. The van der Waals surface area contributed by atoms with Gasteiger partial charge in [-0.2, -0.15) is 5.10 Å². The standard InChI is InChI=1S/C16H19N3O4/c1-11(19-8-4-7-18-19)15(20)17-10-12-5-6-14(22-2)13(9-12)16(21)23-3/h4-9,11H,10H2,1-3H3,(H,17,20). The van der Waals surface area contributed by atoms with Gasteiger partial charge in [-0.15, -0.1) is 0 Å². The normalized spacial score (nSPS) is 11.6. The Bertz CT molecular complexity index is 683. The van der Waals surface area contributed by atoms with Gasteiger partial charge in [-0.3, -0.25) is 9.48 Å². The lowest BCUT2D eigenvalue weighted by Crippen LogP contribution is -2.30. The molecule has 0 spiro atoms. The van der Waals surface area contributed by atoms with Crippen LogP contribution >= 0.6 is 0 Å². The second kappa shape index (κ2) is 7.44. The number of rotatable bonds is 6. The van der Waals surface area contributed by atoms with E-state index in [9.17, 15) is 9.59 Å². The topological polar surface area (TPSA) is 82.5 Å². The molecule has 23 heavy (non-hydrogen) atoms. The number of nitrogens with one attached hydrogen (secondary N) is 1. The molecule has 0 fully saturated rings. The van der Waals surface area contributed by atoms with Crippen LogP contribution in [0.15, 0.2) is 36.7 Å². The SMILES string of the molecule is COC(=O)c1cc(CNC(=O)C(C)n2cccn2)ccc1OC. The summed E-state index contributed by atoms with van der Waals surface area (Å²) >= 11 is 0. The molecule has 0 aliphatic carbocycles. The van der Waals surface area contributed by atoms with E-state index in [1.165, 1.54) is 14.2 Å². The van der Waals surface area contributed by atoms with Crippen molar-refractivity contribution >= 4 is 11.9 Å². The Morgan fingerprint density at radius 1 is 1.35 bits per heavy atom. The number of hydrogen-bond acceptors (Lipinski definition) is 5. The smallest absolute Gasteiger partial charge is 0.341 e. The summed E-state index contributed by atoms with van der Waals surface area (Å²) in [5, 5.41) is 6.86. The lowest BCUT2D eigenvalue weighted by molar-refractivity contribution is -0.124. The molecule has 1 amide bonds. The van der Waals surface area contributed by atoms with E-state index < -0.39 is 12.0 Å². The molecule has 0 saturated carbocycles. The lowest BCUT2D eigenvalue weighted by atomic mass is 10.1. The zero-order valence-corrected chi connectivity index (χ0v) is 13.3. The third-order valence-electron chi connectivity index (χ3n) is 3.44. The summed E-state index contributed by atoms with van der Waals surface area (Å²) in [7, 11) is 2.79. The summed E-state index contributed by atoms with van der Waals surface area (Å²) in [5.74, 6) is -0.221. The molecule has 1 N–H and O–H groups in total. The number of ether oxygens (including phenoxy) is 2. The zero-order valence-electron chi connectivity index (χ0n) is 13.3. The number of esters is 1. The van der Waals surface area contributed by atoms with Gasteiger partial charge in [0.25, 0.3) is 0 Å². The van der Waals surface area contributed by atoms with Crippen molar-refractivity contribution in [2.75, 3.05) is 14.2 Å². The van der Waals surface area contributed by atoms with Crippen LogP contribution in [0.25, 0.3) is 0 Å². The monoisotopic (exact) mass is 317 g/mol. The maximum absolute atomic E-state index is 12.1. The molecule has 1 aromatic heterocycles. The first-order chi connectivity index (χ1) is 11.1. The highest BCUT2D eigenvalue weighted by atomic mass is 16.5. The van der Waals surface area contributed by atoms with Gasteiger partial charge in [0.1, 0.15) is 17.4 Å². The van der Waals surface area contributed by atoms with Crippen LogP contribution in [0.2, 0.25) is 0 Å². The van der Waals surface area contributed by atoms with Gasteiger partial charge in [-0.1, -0.05) is 6.07 Å². The molecule has 0 aliphatic rings. The van der Waals surface area contributed by atoms with Crippen LogP contribution in [0.3, 0.4) is 0 Å². The molecule has 2 rings (SSSR count). The number of aromatic nitrogens is 2. The Morgan fingerprint density at radius 2 is 2.13 bits per heavy atom. The fourth-order valence-electron chi connectivity index (χ4n) is 2.10. The predicted molar refractivity (Wildman–Crippen MR) is 83.1 cm³/mol. The highest BCUT2D eigenvalue weighted by Crippen LogP contribution is 2.20. The summed E-state index contributed by atoms with van der Waals surface area (Å²) in [5.41, 5.74) is 1.09. The van der Waals surface area contributed by atoms with Gasteiger partial charge < -0.3 is 14.8 Å². The van der Waals surface area contributed by atoms with Gasteiger partial charge in [0.2, 0.25) is 5.91 Å². The van der Waals surface area contributed by atoms with Crippen molar-refractivity contribution in [1.82, 2.24) is 15.1 Å². The van der Waals surface area contributed by atoms with Gasteiger partial charge in [-0.25, -0.2) is 4.79 Å². The molecule has 0 saturated heterocycles. The first-order valence-electron chi connectivity index (χ1n) is 7.09. The van der Waals surface area contributed by atoms with Gasteiger partial charge in [0.05, 0.1) is 14.2 Å². The van der Waals surface area contributed by atoms with E-state index in [0.29, 0.717) is 17.9 Å². The zero-order chi connectivity index (χ0) is 16.8.